The third kappa shape index (κ3) is 56.4. The van der Waals surface area contributed by atoms with Crippen molar-refractivity contribution in [2.75, 3.05) is 0 Å². The first kappa shape index (κ1) is 36.9. The molecule has 0 saturated carbocycles. The average Bonchev–Trinajstić information content (AvgIpc) is 2.04. The summed E-state index contributed by atoms with van der Waals surface area (Å²) in [5.41, 5.74) is 0. The Bertz CT molecular complexity index is 647. The fraction of sp³-hybridized carbons (Fsp3) is 0. The molecule has 0 aromatic heterocycles. The summed E-state index contributed by atoms with van der Waals surface area (Å²) >= 11 is 0. The topological polar surface area (TPSA) is 303 Å². The van der Waals surface area contributed by atoms with Crippen LogP contribution < -0.4 is 29.6 Å². The van der Waals surface area contributed by atoms with Crippen molar-refractivity contribution in [3.8, 4) is 0 Å². The van der Waals surface area contributed by atoms with Crippen LogP contribution in [0.4, 0.5) is 0 Å². The van der Waals surface area contributed by atoms with Gasteiger partial charge in [0.15, 0.2) is 17.4 Å². The summed E-state index contributed by atoms with van der Waals surface area (Å²) in [5.74, 6) is 0. The van der Waals surface area contributed by atoms with Crippen LogP contribution in [0.2, 0.25) is 0 Å². The molecule has 0 atom stereocenters. The Balaban J connectivity index is -0.0000000580. The van der Waals surface area contributed by atoms with Gasteiger partial charge in [0.25, 0.3) is 0 Å². The molecule has 0 rings (SSSR count). The standard InChI is InChI=1S/Al.Na.3H2O6SSi.4H/c;;3*1-7(2,3)6-8(4)5;;;;/h;;3*4H,(H,1,2,3);;;;/q;+1;;;;;;;-1. The monoisotopic (exact) mass is 528 g/mol. The van der Waals surface area contributed by atoms with Crippen LogP contribution in [0.1, 0.15) is 1.43 Å². The van der Waals surface area contributed by atoms with Crippen LogP contribution in [0.5, 0.6) is 0 Å². The van der Waals surface area contributed by atoms with Crippen molar-refractivity contribution in [1.29, 1.82) is 0 Å². The molecule has 0 unspecified atom stereocenters. The van der Waals surface area contributed by atoms with E-state index in [1.165, 1.54) is 0 Å². The zero-order chi connectivity index (χ0) is 20.4. The van der Waals surface area contributed by atoms with Gasteiger partial charge in [0.2, 0.25) is 0 Å². The van der Waals surface area contributed by atoms with E-state index in [4.69, 9.17) is 28.0 Å². The minimum atomic E-state index is -4.74. The Kier molecular flexibility index (Phi) is 22.9. The van der Waals surface area contributed by atoms with Crippen LogP contribution in [-0.2, 0) is 56.2 Å². The Morgan fingerprint density at radius 1 is 0.577 bits per heavy atom. The molecular weight excluding hydrogens is 518 g/mol. The Morgan fingerprint density at radius 2 is 0.692 bits per heavy atom. The van der Waals surface area contributed by atoms with Gasteiger partial charge in [-0.2, -0.15) is 25.3 Å². The molecule has 0 saturated heterocycles. The van der Waals surface area contributed by atoms with Gasteiger partial charge in [-0.15, -0.1) is 0 Å². The molecule has 0 fully saturated rings. The van der Waals surface area contributed by atoms with E-state index >= 15 is 0 Å². The first-order valence-electron chi connectivity index (χ1n) is 3.94. The number of rotatable bonds is 6. The SMILES string of the molecule is O=[Si](O)OS(=O)(=O)O.O=[Si](O)OS(=O)(=O)O.O=[Si](O)OS(=O)(=O)O.[AlH3].[H-].[Na+]. The Hall–Kier alpha value is 0.113. The van der Waals surface area contributed by atoms with Gasteiger partial charge < -0.3 is 27.4 Å². The largest absolute Gasteiger partial charge is 1.00 e. The molecule has 0 aromatic carbocycles. The summed E-state index contributed by atoms with van der Waals surface area (Å²) in [4.78, 5) is 23.0. The number of hydrogen-bond donors (Lipinski definition) is 6. The zero-order valence-electron chi connectivity index (χ0n) is 12.3. The van der Waals surface area contributed by atoms with Crippen molar-refractivity contribution in [3.63, 3.8) is 0 Å². The Morgan fingerprint density at radius 3 is 0.692 bits per heavy atom. The molecule has 0 bridgehead atoms. The second kappa shape index (κ2) is 16.1. The molecule has 26 heteroatoms. The summed E-state index contributed by atoms with van der Waals surface area (Å²) < 4.78 is 117. The maximum Gasteiger partial charge on any atom is 1.00 e. The van der Waals surface area contributed by atoms with E-state index in [1.807, 2.05) is 0 Å². The quantitative estimate of drug-likeness (QED) is 0.138. The van der Waals surface area contributed by atoms with Crippen molar-refractivity contribution in [2.24, 2.45) is 0 Å². The molecule has 6 N–H and O–H groups in total. The fourth-order valence-corrected chi connectivity index (χ4v) is 2.43. The van der Waals surface area contributed by atoms with Gasteiger partial charge in [-0.05, 0) is 0 Å². The third-order valence-corrected chi connectivity index (χ3v) is 4.77. The smallest absolute Gasteiger partial charge is 1.00 e. The molecule has 26 heavy (non-hydrogen) atoms. The van der Waals surface area contributed by atoms with E-state index in [1.54, 1.807) is 0 Å². The van der Waals surface area contributed by atoms with Gasteiger partial charge in [0.1, 0.15) is 0 Å². The van der Waals surface area contributed by atoms with Crippen LogP contribution >= 0.6 is 0 Å². The van der Waals surface area contributed by atoms with Gasteiger partial charge in [-0.3, -0.25) is 27.0 Å². The second-order valence-corrected chi connectivity index (χ2v) is 8.49. The maximum absolute atomic E-state index is 9.44. The molecule has 0 radical (unpaired) electrons. The third-order valence-electron chi connectivity index (χ3n) is 0.530. The summed E-state index contributed by atoms with van der Waals surface area (Å²) in [6.45, 7) is 0. The number of hydrogen-bond acceptors (Lipinski definition) is 12. The van der Waals surface area contributed by atoms with E-state index in [0.717, 1.165) is 0 Å². The van der Waals surface area contributed by atoms with E-state index in [2.05, 4.69) is 11.6 Å². The van der Waals surface area contributed by atoms with Gasteiger partial charge in [-0.25, -0.2) is 0 Å². The summed E-state index contributed by atoms with van der Waals surface area (Å²) in [5, 5.41) is 0. The maximum atomic E-state index is 9.44. The summed E-state index contributed by atoms with van der Waals surface area (Å²) in [7, 11) is -25.0. The molecule has 0 aliphatic heterocycles. The van der Waals surface area contributed by atoms with E-state index in [0.29, 0.717) is 0 Å². The van der Waals surface area contributed by atoms with Crippen molar-refractivity contribution in [3.05, 3.63) is 0 Å². The minimum Gasteiger partial charge on any atom is -1.00 e. The van der Waals surface area contributed by atoms with Crippen molar-refractivity contribution in [1.82, 2.24) is 0 Å². The summed E-state index contributed by atoms with van der Waals surface area (Å²) in [6.07, 6.45) is 0. The molecule has 0 aliphatic rings. The molecule has 18 nitrogen and oxygen atoms in total. The summed E-state index contributed by atoms with van der Waals surface area (Å²) in [6, 6.07) is 0. The molecular formula is H10AlNaO18S3Si3. The Labute approximate surface area is 184 Å². The van der Waals surface area contributed by atoms with E-state index in [-0.39, 0.29) is 48.3 Å². The van der Waals surface area contributed by atoms with Gasteiger partial charge in [0.05, 0.1) is 0 Å². The van der Waals surface area contributed by atoms with Gasteiger partial charge in [-0.1, -0.05) is 0 Å². The molecule has 0 aromatic rings. The normalized spacial score (nSPS) is 9.81. The molecule has 0 aliphatic carbocycles. The first-order valence-corrected chi connectivity index (χ1v) is 11.8. The molecule has 0 spiro atoms. The van der Waals surface area contributed by atoms with Crippen molar-refractivity contribution >= 4 is 76.1 Å². The molecule has 0 heterocycles. The van der Waals surface area contributed by atoms with Crippen LogP contribution in [0.15, 0.2) is 0 Å². The van der Waals surface area contributed by atoms with Crippen LogP contribution in [0.25, 0.3) is 0 Å². The van der Waals surface area contributed by atoms with E-state index in [9.17, 15) is 38.6 Å². The van der Waals surface area contributed by atoms with Crippen molar-refractivity contribution in [2.45, 2.75) is 0 Å². The van der Waals surface area contributed by atoms with Crippen LogP contribution in [0, 0.1) is 0 Å². The average molecular weight is 528 g/mol. The van der Waals surface area contributed by atoms with Gasteiger partial charge in [0, 0.05) is 0 Å². The molecule has 152 valence electrons. The van der Waals surface area contributed by atoms with Crippen molar-refractivity contribution < 1.29 is 109 Å². The minimum absolute atomic E-state index is 0. The van der Waals surface area contributed by atoms with E-state index < -0.39 is 58.7 Å². The zero-order valence-corrected chi connectivity index (χ0v) is 18.8. The second-order valence-electron chi connectivity index (χ2n) is 2.33. The molecule has 0 amide bonds. The van der Waals surface area contributed by atoms with Crippen LogP contribution in [-0.4, -0.2) is 98.2 Å². The predicted octanol–water partition coefficient (Wildman–Crippen LogP) is -9.43. The fourth-order valence-electron chi connectivity index (χ4n) is 0.270. The van der Waals surface area contributed by atoms with Crippen LogP contribution in [0.3, 0.4) is 0 Å². The first-order chi connectivity index (χ1) is 10.2. The predicted molar refractivity (Wildman–Crippen MR) is 74.9 cm³/mol. The van der Waals surface area contributed by atoms with Gasteiger partial charge >= 0.3 is 88.3 Å².